The van der Waals surface area contributed by atoms with Crippen LogP contribution in [0.3, 0.4) is 0 Å². The van der Waals surface area contributed by atoms with Crippen molar-refractivity contribution < 1.29 is 13.9 Å². The van der Waals surface area contributed by atoms with Crippen molar-refractivity contribution in [3.8, 4) is 5.75 Å². The molecule has 0 bridgehead atoms. The number of nitrogens with one attached hydrogen (secondary N) is 1. The SMILES string of the molecule is CCc1ccc(CN(C)C(=NC)NCCc2cc(F)cc3c2OCOC3)cc1. The van der Waals surface area contributed by atoms with Crippen LogP contribution in [0.25, 0.3) is 0 Å². The van der Waals surface area contributed by atoms with Gasteiger partial charge >= 0.3 is 0 Å². The molecule has 0 spiro atoms. The van der Waals surface area contributed by atoms with Gasteiger partial charge in [0.2, 0.25) is 0 Å². The Labute approximate surface area is 166 Å². The first-order chi connectivity index (χ1) is 13.6. The molecule has 0 fully saturated rings. The molecule has 0 amide bonds. The number of guanidine groups is 1. The van der Waals surface area contributed by atoms with Crippen LogP contribution in [0.5, 0.6) is 5.75 Å². The van der Waals surface area contributed by atoms with Gasteiger partial charge < -0.3 is 19.7 Å². The third kappa shape index (κ3) is 5.01. The highest BCUT2D eigenvalue weighted by atomic mass is 19.1. The second kappa shape index (κ2) is 9.55. The van der Waals surface area contributed by atoms with Crippen molar-refractivity contribution in [1.29, 1.82) is 0 Å². The first-order valence-electron chi connectivity index (χ1n) is 9.62. The largest absolute Gasteiger partial charge is 0.467 e. The molecule has 1 aliphatic rings. The number of nitrogens with zero attached hydrogens (tertiary/aromatic N) is 2. The maximum Gasteiger partial charge on any atom is 0.193 e. The zero-order valence-corrected chi connectivity index (χ0v) is 16.8. The highest BCUT2D eigenvalue weighted by Crippen LogP contribution is 2.29. The molecule has 2 aromatic rings. The lowest BCUT2D eigenvalue weighted by Crippen LogP contribution is -2.39. The van der Waals surface area contributed by atoms with Gasteiger partial charge in [-0.1, -0.05) is 31.2 Å². The normalized spacial score (nSPS) is 13.6. The summed E-state index contributed by atoms with van der Waals surface area (Å²) >= 11 is 0. The Bertz CT molecular complexity index is 821. The summed E-state index contributed by atoms with van der Waals surface area (Å²) < 4.78 is 24.7. The molecule has 150 valence electrons. The van der Waals surface area contributed by atoms with Gasteiger partial charge in [-0.2, -0.15) is 0 Å². The third-order valence-electron chi connectivity index (χ3n) is 4.85. The molecule has 0 unspecified atom stereocenters. The summed E-state index contributed by atoms with van der Waals surface area (Å²) in [5.74, 6) is 1.28. The number of aliphatic imine (C=N–C) groups is 1. The molecule has 0 aliphatic carbocycles. The van der Waals surface area contributed by atoms with Crippen molar-refractivity contribution in [2.45, 2.75) is 32.9 Å². The zero-order valence-electron chi connectivity index (χ0n) is 16.8. The van der Waals surface area contributed by atoms with E-state index in [1.807, 2.05) is 7.05 Å². The number of rotatable bonds is 6. The van der Waals surface area contributed by atoms with Crippen LogP contribution in [-0.4, -0.2) is 38.3 Å². The first kappa shape index (κ1) is 20.1. The lowest BCUT2D eigenvalue weighted by molar-refractivity contribution is -0.0172. The van der Waals surface area contributed by atoms with Crippen LogP contribution in [0.2, 0.25) is 0 Å². The standard InChI is InChI=1S/C22H28FN3O2/c1-4-16-5-7-17(8-6-16)13-26(3)22(24-2)25-10-9-18-11-20(23)12-19-14-27-15-28-21(18)19/h5-8,11-12H,4,9-10,13-15H2,1-3H3,(H,24,25). The van der Waals surface area contributed by atoms with E-state index >= 15 is 0 Å². The maximum atomic E-state index is 13.9. The van der Waals surface area contributed by atoms with E-state index in [4.69, 9.17) is 9.47 Å². The lowest BCUT2D eigenvalue weighted by Gasteiger charge is -2.23. The summed E-state index contributed by atoms with van der Waals surface area (Å²) in [6.45, 7) is 4.14. The van der Waals surface area contributed by atoms with Gasteiger partial charge in [0.05, 0.1) is 6.61 Å². The number of fused-ring (bicyclic) bond motifs is 1. The van der Waals surface area contributed by atoms with Crippen LogP contribution >= 0.6 is 0 Å². The average Bonchev–Trinajstić information content (AvgIpc) is 2.71. The first-order valence-corrected chi connectivity index (χ1v) is 9.62. The summed E-state index contributed by atoms with van der Waals surface area (Å²) in [7, 11) is 3.77. The van der Waals surface area contributed by atoms with E-state index in [0.717, 1.165) is 35.8 Å². The van der Waals surface area contributed by atoms with E-state index in [9.17, 15) is 4.39 Å². The van der Waals surface area contributed by atoms with Gasteiger partial charge in [0.25, 0.3) is 0 Å². The molecule has 1 N–H and O–H groups in total. The van der Waals surface area contributed by atoms with Gasteiger partial charge in [-0.15, -0.1) is 0 Å². The lowest BCUT2D eigenvalue weighted by atomic mass is 10.1. The fourth-order valence-corrected chi connectivity index (χ4v) is 3.37. The minimum Gasteiger partial charge on any atom is -0.467 e. The van der Waals surface area contributed by atoms with Crippen LogP contribution in [0.1, 0.15) is 29.2 Å². The van der Waals surface area contributed by atoms with Crippen molar-refractivity contribution >= 4 is 5.96 Å². The van der Waals surface area contributed by atoms with Crippen molar-refractivity contribution in [3.63, 3.8) is 0 Å². The molecule has 28 heavy (non-hydrogen) atoms. The van der Waals surface area contributed by atoms with E-state index < -0.39 is 0 Å². The van der Waals surface area contributed by atoms with Crippen LogP contribution in [-0.2, 0) is 30.7 Å². The Balaban J connectivity index is 1.57. The Morgan fingerprint density at radius 2 is 1.96 bits per heavy atom. The third-order valence-corrected chi connectivity index (χ3v) is 4.85. The molecule has 0 radical (unpaired) electrons. The molecule has 1 aliphatic heterocycles. The van der Waals surface area contributed by atoms with E-state index in [-0.39, 0.29) is 12.6 Å². The Morgan fingerprint density at radius 3 is 2.68 bits per heavy atom. The second-order valence-corrected chi connectivity index (χ2v) is 6.91. The van der Waals surface area contributed by atoms with Gasteiger partial charge in [0.1, 0.15) is 11.6 Å². The zero-order chi connectivity index (χ0) is 19.9. The molecule has 2 aromatic carbocycles. The molecule has 0 saturated carbocycles. The topological polar surface area (TPSA) is 46.1 Å². The summed E-state index contributed by atoms with van der Waals surface area (Å²) in [5.41, 5.74) is 4.17. The van der Waals surface area contributed by atoms with Crippen LogP contribution < -0.4 is 10.1 Å². The molecule has 0 atom stereocenters. The van der Waals surface area contributed by atoms with Crippen LogP contribution in [0.15, 0.2) is 41.4 Å². The molecule has 5 nitrogen and oxygen atoms in total. The quantitative estimate of drug-likeness (QED) is 0.611. The Kier molecular flexibility index (Phi) is 6.87. The minimum atomic E-state index is -0.264. The Morgan fingerprint density at radius 1 is 1.21 bits per heavy atom. The van der Waals surface area contributed by atoms with Crippen LogP contribution in [0, 0.1) is 5.82 Å². The highest BCUT2D eigenvalue weighted by molar-refractivity contribution is 5.79. The molecule has 0 saturated heterocycles. The molecule has 0 aromatic heterocycles. The van der Waals surface area contributed by atoms with Crippen molar-refractivity contribution in [3.05, 3.63) is 64.5 Å². The number of hydrogen-bond acceptors (Lipinski definition) is 3. The smallest absolute Gasteiger partial charge is 0.193 e. The molecular formula is C22H28FN3O2. The fourth-order valence-electron chi connectivity index (χ4n) is 3.37. The minimum absolute atomic E-state index is 0.209. The fraction of sp³-hybridized carbons (Fsp3) is 0.409. The summed E-state index contributed by atoms with van der Waals surface area (Å²) in [5, 5.41) is 3.35. The Hall–Kier alpha value is -2.60. The number of hydrogen-bond donors (Lipinski definition) is 1. The highest BCUT2D eigenvalue weighted by Gasteiger charge is 2.17. The van der Waals surface area contributed by atoms with Crippen molar-refractivity contribution in [1.82, 2.24) is 10.2 Å². The van der Waals surface area contributed by atoms with Crippen LogP contribution in [0.4, 0.5) is 4.39 Å². The number of halogens is 1. The van der Waals surface area contributed by atoms with Gasteiger partial charge in [0, 0.05) is 32.7 Å². The maximum absolute atomic E-state index is 13.9. The molecule has 3 rings (SSSR count). The van der Waals surface area contributed by atoms with E-state index in [2.05, 4.69) is 46.4 Å². The van der Waals surface area contributed by atoms with E-state index in [1.165, 1.54) is 23.3 Å². The summed E-state index contributed by atoms with van der Waals surface area (Å²) in [4.78, 5) is 6.44. The van der Waals surface area contributed by atoms with Crippen molar-refractivity contribution in [2.24, 2.45) is 4.99 Å². The van der Waals surface area contributed by atoms with Gasteiger partial charge in [0.15, 0.2) is 12.8 Å². The molecule has 1 heterocycles. The van der Waals surface area contributed by atoms with Gasteiger partial charge in [-0.3, -0.25) is 4.99 Å². The molecule has 6 heteroatoms. The van der Waals surface area contributed by atoms with Gasteiger partial charge in [-0.05, 0) is 41.7 Å². The van der Waals surface area contributed by atoms with Crippen molar-refractivity contribution in [2.75, 3.05) is 27.4 Å². The van der Waals surface area contributed by atoms with E-state index in [1.54, 1.807) is 7.05 Å². The summed E-state index contributed by atoms with van der Waals surface area (Å²) in [6.07, 6.45) is 1.68. The summed E-state index contributed by atoms with van der Waals surface area (Å²) in [6, 6.07) is 11.6. The monoisotopic (exact) mass is 385 g/mol. The predicted octanol–water partition coefficient (Wildman–Crippen LogP) is 3.50. The number of aryl methyl sites for hydroxylation is 1. The molecular weight excluding hydrogens is 357 g/mol. The van der Waals surface area contributed by atoms with Gasteiger partial charge in [-0.25, -0.2) is 4.39 Å². The number of benzene rings is 2. The predicted molar refractivity (Wildman–Crippen MR) is 109 cm³/mol. The second-order valence-electron chi connectivity index (χ2n) is 6.91. The van der Waals surface area contributed by atoms with E-state index in [0.29, 0.717) is 19.6 Å². The number of ether oxygens (including phenoxy) is 2. The average molecular weight is 385 g/mol.